The molecule has 80 valence electrons. The van der Waals surface area contributed by atoms with Crippen LogP contribution in [0.3, 0.4) is 0 Å². The van der Waals surface area contributed by atoms with Gasteiger partial charge >= 0.3 is 0 Å². The van der Waals surface area contributed by atoms with Crippen molar-refractivity contribution in [3.8, 4) is 0 Å². The lowest BCUT2D eigenvalue weighted by molar-refractivity contribution is 1.37. The van der Waals surface area contributed by atoms with E-state index in [9.17, 15) is 0 Å². The first-order chi connectivity index (χ1) is 8.42. The van der Waals surface area contributed by atoms with E-state index in [1.54, 1.807) is 11.3 Å². The maximum atomic E-state index is 4.18. The molecule has 0 aliphatic carbocycles. The minimum Gasteiger partial charge on any atom is -0.264 e. The lowest BCUT2D eigenvalue weighted by Gasteiger charge is -1.97. The van der Waals surface area contributed by atoms with Gasteiger partial charge in [0.15, 0.2) is 0 Å². The Morgan fingerprint density at radius 3 is 2.65 bits per heavy atom. The third-order valence-electron chi connectivity index (χ3n) is 3.03. The van der Waals surface area contributed by atoms with Crippen LogP contribution in [0.2, 0.25) is 0 Å². The zero-order valence-corrected chi connectivity index (χ0v) is 9.74. The monoisotopic (exact) mass is 236 g/mol. The highest BCUT2D eigenvalue weighted by Crippen LogP contribution is 2.35. The third kappa shape index (κ3) is 1.26. The van der Waals surface area contributed by atoms with E-state index in [1.165, 1.54) is 30.9 Å². The smallest absolute Gasteiger partial charge is 0.0538 e. The molecule has 0 aliphatic heterocycles. The van der Waals surface area contributed by atoms with E-state index < -0.39 is 0 Å². The van der Waals surface area contributed by atoms with Crippen molar-refractivity contribution in [2.45, 2.75) is 0 Å². The Labute approximate surface area is 102 Å². The molecule has 3 heterocycles. The average Bonchev–Trinajstić information content (AvgIpc) is 2.73. The summed E-state index contributed by atoms with van der Waals surface area (Å²) in [6.45, 7) is 0. The zero-order chi connectivity index (χ0) is 11.2. The van der Waals surface area contributed by atoms with E-state index in [4.69, 9.17) is 0 Å². The van der Waals surface area contributed by atoms with Crippen molar-refractivity contribution >= 4 is 42.3 Å². The Hall–Kier alpha value is -2.00. The molecular formula is C14H8N2S. The van der Waals surface area contributed by atoms with Gasteiger partial charge in [0.1, 0.15) is 0 Å². The number of thiophene rings is 1. The van der Waals surface area contributed by atoms with Crippen LogP contribution in [-0.2, 0) is 0 Å². The second-order valence-electron chi connectivity index (χ2n) is 4.05. The zero-order valence-electron chi connectivity index (χ0n) is 8.92. The summed E-state index contributed by atoms with van der Waals surface area (Å²) in [5.41, 5.74) is 0. The van der Waals surface area contributed by atoms with Crippen LogP contribution < -0.4 is 0 Å². The van der Waals surface area contributed by atoms with Crippen molar-refractivity contribution in [3.63, 3.8) is 0 Å². The summed E-state index contributed by atoms with van der Waals surface area (Å²) in [5, 5.41) is 5.04. The number of aromatic nitrogens is 2. The number of nitrogens with zero attached hydrogens (tertiary/aromatic N) is 2. The van der Waals surface area contributed by atoms with Crippen molar-refractivity contribution in [3.05, 3.63) is 49.1 Å². The Morgan fingerprint density at radius 1 is 0.765 bits per heavy atom. The van der Waals surface area contributed by atoms with Crippen molar-refractivity contribution in [1.82, 2.24) is 9.97 Å². The first-order valence-electron chi connectivity index (χ1n) is 5.42. The van der Waals surface area contributed by atoms with Crippen LogP contribution >= 0.6 is 11.3 Å². The van der Waals surface area contributed by atoms with Gasteiger partial charge in [-0.1, -0.05) is 0 Å². The molecule has 1 aromatic carbocycles. The number of fused-ring (bicyclic) bond motifs is 4. The molecule has 4 rings (SSSR count). The molecule has 2 nitrogen and oxygen atoms in total. The van der Waals surface area contributed by atoms with E-state index in [0.717, 1.165) is 0 Å². The second-order valence-corrected chi connectivity index (χ2v) is 5.13. The molecule has 0 spiro atoms. The number of hydrogen-bond donors (Lipinski definition) is 0. The van der Waals surface area contributed by atoms with Gasteiger partial charge in [0.05, 0.1) is 4.70 Å². The molecule has 0 saturated heterocycles. The molecule has 0 unspecified atom stereocenters. The SMILES string of the molecule is c1cc2cc3c(cc2cn1)sc1cnccc13. The summed E-state index contributed by atoms with van der Waals surface area (Å²) in [5.74, 6) is 0. The van der Waals surface area contributed by atoms with Gasteiger partial charge in [-0.3, -0.25) is 9.97 Å². The van der Waals surface area contributed by atoms with Gasteiger partial charge in [0, 0.05) is 45.6 Å². The van der Waals surface area contributed by atoms with Crippen LogP contribution in [0.1, 0.15) is 0 Å². The van der Waals surface area contributed by atoms with Crippen molar-refractivity contribution in [2.24, 2.45) is 0 Å². The van der Waals surface area contributed by atoms with E-state index in [-0.39, 0.29) is 0 Å². The maximum absolute atomic E-state index is 4.18. The lowest BCUT2D eigenvalue weighted by Crippen LogP contribution is -1.74. The number of benzene rings is 1. The molecule has 3 aromatic heterocycles. The topological polar surface area (TPSA) is 25.8 Å². The molecule has 0 radical (unpaired) electrons. The minimum atomic E-state index is 1.19. The summed E-state index contributed by atoms with van der Waals surface area (Å²) in [6.07, 6.45) is 7.54. The first kappa shape index (κ1) is 9.07. The largest absolute Gasteiger partial charge is 0.264 e. The van der Waals surface area contributed by atoms with Crippen LogP contribution in [0.25, 0.3) is 30.9 Å². The highest BCUT2D eigenvalue weighted by molar-refractivity contribution is 7.25. The number of hydrogen-bond acceptors (Lipinski definition) is 3. The molecule has 0 fully saturated rings. The predicted molar refractivity (Wildman–Crippen MR) is 72.4 cm³/mol. The highest BCUT2D eigenvalue weighted by Gasteiger charge is 2.05. The minimum absolute atomic E-state index is 1.19. The molecule has 0 atom stereocenters. The van der Waals surface area contributed by atoms with Gasteiger partial charge in [0.2, 0.25) is 0 Å². The normalized spacial score (nSPS) is 11.5. The summed E-state index contributed by atoms with van der Waals surface area (Å²) >= 11 is 1.79. The fourth-order valence-electron chi connectivity index (χ4n) is 2.21. The van der Waals surface area contributed by atoms with Crippen LogP contribution in [0.5, 0.6) is 0 Å². The molecule has 0 saturated carbocycles. The van der Waals surface area contributed by atoms with Crippen LogP contribution in [-0.4, -0.2) is 9.97 Å². The van der Waals surface area contributed by atoms with E-state index >= 15 is 0 Å². The molecule has 4 aromatic rings. The fourth-order valence-corrected chi connectivity index (χ4v) is 3.32. The van der Waals surface area contributed by atoms with E-state index in [0.29, 0.717) is 0 Å². The van der Waals surface area contributed by atoms with E-state index in [1.807, 2.05) is 24.8 Å². The Balaban J connectivity index is 2.28. The van der Waals surface area contributed by atoms with Crippen LogP contribution in [0.15, 0.2) is 49.1 Å². The average molecular weight is 236 g/mol. The van der Waals surface area contributed by atoms with Gasteiger partial charge in [-0.05, 0) is 29.7 Å². The van der Waals surface area contributed by atoms with Crippen LogP contribution in [0, 0.1) is 0 Å². The Morgan fingerprint density at radius 2 is 1.65 bits per heavy atom. The molecule has 0 amide bonds. The molecule has 0 N–H and O–H groups in total. The number of rotatable bonds is 0. The summed E-state index contributed by atoms with van der Waals surface area (Å²) in [6, 6.07) is 8.59. The van der Waals surface area contributed by atoms with Crippen LogP contribution in [0.4, 0.5) is 0 Å². The Kier molecular flexibility index (Phi) is 1.73. The quantitative estimate of drug-likeness (QED) is 0.461. The van der Waals surface area contributed by atoms with Crippen molar-refractivity contribution < 1.29 is 0 Å². The van der Waals surface area contributed by atoms with Crippen molar-refractivity contribution in [2.75, 3.05) is 0 Å². The molecule has 0 aliphatic rings. The maximum Gasteiger partial charge on any atom is 0.0538 e. The summed E-state index contributed by atoms with van der Waals surface area (Å²) in [4.78, 5) is 8.34. The third-order valence-corrected chi connectivity index (χ3v) is 4.14. The molecular weight excluding hydrogens is 228 g/mol. The fraction of sp³-hybridized carbons (Fsp3) is 0. The van der Waals surface area contributed by atoms with Gasteiger partial charge in [-0.2, -0.15) is 0 Å². The molecule has 3 heteroatoms. The van der Waals surface area contributed by atoms with Gasteiger partial charge in [0.25, 0.3) is 0 Å². The second kappa shape index (κ2) is 3.25. The lowest BCUT2D eigenvalue weighted by atomic mass is 10.1. The standard InChI is InChI=1S/C14H8N2S/c1-3-15-7-10-6-13-12(5-9(1)10)11-2-4-16-8-14(11)17-13/h1-8H. The number of pyridine rings is 2. The predicted octanol–water partition coefficient (Wildman–Crippen LogP) is 4.00. The van der Waals surface area contributed by atoms with E-state index in [2.05, 4.69) is 34.2 Å². The van der Waals surface area contributed by atoms with Gasteiger partial charge < -0.3 is 0 Å². The van der Waals surface area contributed by atoms with Gasteiger partial charge in [-0.15, -0.1) is 11.3 Å². The van der Waals surface area contributed by atoms with Crippen molar-refractivity contribution in [1.29, 1.82) is 0 Å². The highest BCUT2D eigenvalue weighted by atomic mass is 32.1. The summed E-state index contributed by atoms with van der Waals surface area (Å²) < 4.78 is 2.54. The molecule has 17 heavy (non-hydrogen) atoms. The first-order valence-corrected chi connectivity index (χ1v) is 6.23. The molecule has 0 bridgehead atoms. The Bertz CT molecular complexity index is 842. The van der Waals surface area contributed by atoms with Gasteiger partial charge in [-0.25, -0.2) is 0 Å². The summed E-state index contributed by atoms with van der Waals surface area (Å²) in [7, 11) is 0.